The van der Waals surface area contributed by atoms with Crippen molar-refractivity contribution in [3.63, 3.8) is 0 Å². The number of nitrogens with zero attached hydrogens (tertiary/aromatic N) is 1. The van der Waals surface area contributed by atoms with E-state index in [-0.39, 0.29) is 0 Å². The fourth-order valence-corrected chi connectivity index (χ4v) is 1.73. The van der Waals surface area contributed by atoms with Crippen molar-refractivity contribution in [2.45, 2.75) is 6.92 Å². The molecule has 82 valence electrons. The largest absolute Gasteiger partial charge is 0.437 e. The Kier molecular flexibility index (Phi) is 3.46. The SMILES string of the molecule is Cc1ccc(Br)cc1Oc1ncccc1Cl. The van der Waals surface area contributed by atoms with Gasteiger partial charge in [-0.05, 0) is 36.8 Å². The molecular formula is C12H9BrClNO. The topological polar surface area (TPSA) is 22.1 Å². The molecule has 0 saturated heterocycles. The van der Waals surface area contributed by atoms with E-state index >= 15 is 0 Å². The zero-order valence-corrected chi connectivity index (χ0v) is 10.9. The molecule has 0 fully saturated rings. The summed E-state index contributed by atoms with van der Waals surface area (Å²) in [6, 6.07) is 9.33. The van der Waals surface area contributed by atoms with Gasteiger partial charge in [-0.2, -0.15) is 0 Å². The molecule has 1 aromatic heterocycles. The molecule has 0 radical (unpaired) electrons. The monoisotopic (exact) mass is 297 g/mol. The third-order valence-electron chi connectivity index (χ3n) is 2.08. The fraction of sp³-hybridized carbons (Fsp3) is 0.0833. The summed E-state index contributed by atoms with van der Waals surface area (Å²) in [5.74, 6) is 1.17. The number of aromatic nitrogens is 1. The highest BCUT2D eigenvalue weighted by Crippen LogP contribution is 2.30. The van der Waals surface area contributed by atoms with Gasteiger partial charge in [-0.1, -0.05) is 33.6 Å². The minimum absolute atomic E-state index is 0.422. The van der Waals surface area contributed by atoms with E-state index in [0.717, 1.165) is 15.8 Å². The van der Waals surface area contributed by atoms with Gasteiger partial charge in [0.05, 0.1) is 0 Å². The number of hydrogen-bond donors (Lipinski definition) is 0. The van der Waals surface area contributed by atoms with E-state index in [9.17, 15) is 0 Å². The third kappa shape index (κ3) is 2.54. The number of pyridine rings is 1. The number of aryl methyl sites for hydroxylation is 1. The van der Waals surface area contributed by atoms with Crippen LogP contribution in [-0.4, -0.2) is 4.98 Å². The Morgan fingerprint density at radius 1 is 1.31 bits per heavy atom. The lowest BCUT2D eigenvalue weighted by atomic mass is 10.2. The first-order chi connectivity index (χ1) is 7.66. The summed E-state index contributed by atoms with van der Waals surface area (Å²) < 4.78 is 6.61. The first kappa shape index (κ1) is 11.4. The standard InChI is InChI=1S/C12H9BrClNO/c1-8-4-5-9(13)7-11(8)16-12-10(14)3-2-6-15-12/h2-7H,1H3. The van der Waals surface area contributed by atoms with Crippen LogP contribution in [0.15, 0.2) is 41.0 Å². The van der Waals surface area contributed by atoms with Gasteiger partial charge in [0, 0.05) is 10.7 Å². The van der Waals surface area contributed by atoms with Crippen LogP contribution in [0.25, 0.3) is 0 Å². The van der Waals surface area contributed by atoms with Crippen molar-refractivity contribution in [2.24, 2.45) is 0 Å². The molecule has 0 aliphatic heterocycles. The van der Waals surface area contributed by atoms with Gasteiger partial charge in [0.1, 0.15) is 10.8 Å². The molecule has 0 aliphatic rings. The van der Waals surface area contributed by atoms with Crippen LogP contribution in [0.3, 0.4) is 0 Å². The molecule has 0 amide bonds. The Balaban J connectivity index is 2.34. The number of halogens is 2. The van der Waals surface area contributed by atoms with E-state index in [0.29, 0.717) is 10.9 Å². The maximum absolute atomic E-state index is 5.97. The van der Waals surface area contributed by atoms with E-state index in [1.165, 1.54) is 0 Å². The lowest BCUT2D eigenvalue weighted by Crippen LogP contribution is -1.90. The summed E-state index contributed by atoms with van der Waals surface area (Å²) in [6.45, 7) is 1.97. The lowest BCUT2D eigenvalue weighted by Gasteiger charge is -2.08. The van der Waals surface area contributed by atoms with Crippen LogP contribution in [-0.2, 0) is 0 Å². The quantitative estimate of drug-likeness (QED) is 0.808. The highest BCUT2D eigenvalue weighted by atomic mass is 79.9. The average molecular weight is 299 g/mol. The molecule has 0 bridgehead atoms. The van der Waals surface area contributed by atoms with Crippen LogP contribution >= 0.6 is 27.5 Å². The molecule has 0 atom stereocenters. The predicted octanol–water partition coefficient (Wildman–Crippen LogP) is 4.60. The summed E-state index contributed by atoms with van der Waals surface area (Å²) in [7, 11) is 0. The van der Waals surface area contributed by atoms with E-state index in [1.54, 1.807) is 18.3 Å². The van der Waals surface area contributed by atoms with E-state index in [4.69, 9.17) is 16.3 Å². The van der Waals surface area contributed by atoms with Gasteiger partial charge in [0.2, 0.25) is 5.88 Å². The van der Waals surface area contributed by atoms with E-state index < -0.39 is 0 Å². The highest BCUT2D eigenvalue weighted by molar-refractivity contribution is 9.10. The maximum atomic E-state index is 5.97. The fourth-order valence-electron chi connectivity index (χ4n) is 1.23. The molecule has 0 N–H and O–H groups in total. The molecule has 4 heteroatoms. The van der Waals surface area contributed by atoms with Crippen LogP contribution < -0.4 is 4.74 Å². The lowest BCUT2D eigenvalue weighted by molar-refractivity contribution is 0.459. The molecule has 1 heterocycles. The van der Waals surface area contributed by atoms with E-state index in [2.05, 4.69) is 20.9 Å². The van der Waals surface area contributed by atoms with Crippen molar-refractivity contribution >= 4 is 27.5 Å². The molecule has 0 saturated carbocycles. The highest BCUT2D eigenvalue weighted by Gasteiger charge is 2.06. The molecule has 2 nitrogen and oxygen atoms in total. The Morgan fingerprint density at radius 3 is 2.88 bits per heavy atom. The molecule has 16 heavy (non-hydrogen) atoms. The summed E-state index contributed by atoms with van der Waals surface area (Å²) in [6.07, 6.45) is 1.65. The second kappa shape index (κ2) is 4.85. The molecule has 0 unspecified atom stereocenters. The Bertz CT molecular complexity index is 516. The number of ether oxygens (including phenoxy) is 1. The van der Waals surface area contributed by atoms with Crippen molar-refractivity contribution in [1.82, 2.24) is 4.98 Å². The van der Waals surface area contributed by atoms with Crippen LogP contribution in [0, 0.1) is 6.92 Å². The van der Waals surface area contributed by atoms with Crippen LogP contribution in [0.4, 0.5) is 0 Å². The normalized spacial score (nSPS) is 10.2. The second-order valence-electron chi connectivity index (χ2n) is 3.30. The van der Waals surface area contributed by atoms with Gasteiger partial charge < -0.3 is 4.74 Å². The minimum Gasteiger partial charge on any atom is -0.437 e. The summed E-state index contributed by atoms with van der Waals surface area (Å²) in [5, 5.41) is 0.502. The van der Waals surface area contributed by atoms with Gasteiger partial charge in [-0.25, -0.2) is 4.98 Å². The summed E-state index contributed by atoms with van der Waals surface area (Å²) >= 11 is 9.36. The molecular weight excluding hydrogens is 289 g/mol. The van der Waals surface area contributed by atoms with E-state index in [1.807, 2.05) is 25.1 Å². The molecule has 2 aromatic rings. The van der Waals surface area contributed by atoms with Gasteiger partial charge >= 0.3 is 0 Å². The van der Waals surface area contributed by atoms with Crippen molar-refractivity contribution < 1.29 is 4.74 Å². The predicted molar refractivity (Wildman–Crippen MR) is 68.2 cm³/mol. The Morgan fingerprint density at radius 2 is 2.12 bits per heavy atom. The van der Waals surface area contributed by atoms with Crippen LogP contribution in [0.5, 0.6) is 11.6 Å². The third-order valence-corrected chi connectivity index (χ3v) is 2.86. The maximum Gasteiger partial charge on any atom is 0.238 e. The first-order valence-electron chi connectivity index (χ1n) is 4.71. The number of rotatable bonds is 2. The van der Waals surface area contributed by atoms with Gasteiger partial charge in [-0.3, -0.25) is 0 Å². The zero-order chi connectivity index (χ0) is 11.5. The average Bonchev–Trinajstić information content (AvgIpc) is 2.27. The van der Waals surface area contributed by atoms with Crippen LogP contribution in [0.2, 0.25) is 5.02 Å². The van der Waals surface area contributed by atoms with Crippen molar-refractivity contribution in [3.05, 3.63) is 51.6 Å². The van der Waals surface area contributed by atoms with Crippen molar-refractivity contribution in [2.75, 3.05) is 0 Å². The van der Waals surface area contributed by atoms with Gasteiger partial charge in [0.25, 0.3) is 0 Å². The zero-order valence-electron chi connectivity index (χ0n) is 8.58. The van der Waals surface area contributed by atoms with Gasteiger partial charge in [-0.15, -0.1) is 0 Å². The second-order valence-corrected chi connectivity index (χ2v) is 4.63. The van der Waals surface area contributed by atoms with Crippen molar-refractivity contribution in [1.29, 1.82) is 0 Å². The minimum atomic E-state index is 0.422. The summed E-state index contributed by atoms with van der Waals surface area (Å²) in [5.41, 5.74) is 1.03. The number of benzene rings is 1. The smallest absolute Gasteiger partial charge is 0.238 e. The number of hydrogen-bond acceptors (Lipinski definition) is 2. The van der Waals surface area contributed by atoms with Crippen LogP contribution in [0.1, 0.15) is 5.56 Å². The molecule has 1 aromatic carbocycles. The molecule has 0 spiro atoms. The van der Waals surface area contributed by atoms with Crippen molar-refractivity contribution in [3.8, 4) is 11.6 Å². The Hall–Kier alpha value is -1.06. The Labute approximate surface area is 107 Å². The first-order valence-corrected chi connectivity index (χ1v) is 5.88. The molecule has 0 aliphatic carbocycles. The van der Waals surface area contributed by atoms with Gasteiger partial charge in [0.15, 0.2) is 0 Å². The molecule has 2 rings (SSSR count). The summed E-state index contributed by atoms with van der Waals surface area (Å²) in [4.78, 5) is 4.07.